The molecule has 28 heavy (non-hydrogen) atoms. The Bertz CT molecular complexity index is 758. The Kier molecular flexibility index (Phi) is 7.64. The lowest BCUT2D eigenvalue weighted by Crippen LogP contribution is -2.33. The molecule has 5 nitrogen and oxygen atoms in total. The molecule has 0 unspecified atom stereocenters. The first-order valence-electron chi connectivity index (χ1n) is 9.53. The second-order valence-corrected chi connectivity index (χ2v) is 6.83. The zero-order valence-corrected chi connectivity index (χ0v) is 16.2. The van der Waals surface area contributed by atoms with Crippen molar-refractivity contribution < 1.29 is 19.0 Å². The molecule has 148 valence electrons. The quantitative estimate of drug-likeness (QED) is 0.506. The summed E-state index contributed by atoms with van der Waals surface area (Å²) in [5, 5.41) is 3.00. The molecular weight excluding hydrogens is 354 g/mol. The molecule has 1 amide bonds. The van der Waals surface area contributed by atoms with Crippen LogP contribution in [0.15, 0.2) is 66.7 Å². The number of carbonyl (C=O) groups excluding carboxylic acids is 1. The number of rotatable bonds is 10. The fourth-order valence-corrected chi connectivity index (χ4v) is 3.17. The van der Waals surface area contributed by atoms with Gasteiger partial charge in [0.05, 0.1) is 39.6 Å². The van der Waals surface area contributed by atoms with Crippen molar-refractivity contribution in [3.05, 3.63) is 77.9 Å². The fourth-order valence-electron chi connectivity index (χ4n) is 3.17. The maximum absolute atomic E-state index is 11.8. The summed E-state index contributed by atoms with van der Waals surface area (Å²) in [6, 6.07) is 17.9. The average molecular weight is 381 g/mol. The van der Waals surface area contributed by atoms with Crippen molar-refractivity contribution in [2.24, 2.45) is 5.92 Å². The van der Waals surface area contributed by atoms with Crippen LogP contribution >= 0.6 is 0 Å². The van der Waals surface area contributed by atoms with Gasteiger partial charge in [-0.3, -0.25) is 4.79 Å². The van der Waals surface area contributed by atoms with Gasteiger partial charge in [0, 0.05) is 12.3 Å². The van der Waals surface area contributed by atoms with Crippen molar-refractivity contribution in [1.82, 2.24) is 5.32 Å². The van der Waals surface area contributed by atoms with Crippen molar-refractivity contribution in [3.63, 3.8) is 0 Å². The van der Waals surface area contributed by atoms with E-state index >= 15 is 0 Å². The van der Waals surface area contributed by atoms with Crippen LogP contribution < -0.4 is 10.1 Å². The van der Waals surface area contributed by atoms with Crippen LogP contribution in [0.25, 0.3) is 0 Å². The Morgan fingerprint density at radius 3 is 2.46 bits per heavy atom. The van der Waals surface area contributed by atoms with Gasteiger partial charge >= 0.3 is 0 Å². The van der Waals surface area contributed by atoms with Crippen LogP contribution in [0.2, 0.25) is 0 Å². The predicted molar refractivity (Wildman–Crippen MR) is 108 cm³/mol. The van der Waals surface area contributed by atoms with E-state index in [-0.39, 0.29) is 17.9 Å². The molecule has 1 fully saturated rings. The van der Waals surface area contributed by atoms with Crippen molar-refractivity contribution in [2.75, 3.05) is 20.3 Å². The van der Waals surface area contributed by atoms with E-state index in [0.29, 0.717) is 32.8 Å². The summed E-state index contributed by atoms with van der Waals surface area (Å²) >= 11 is 0. The first kappa shape index (κ1) is 20.1. The third-order valence-corrected chi connectivity index (χ3v) is 4.72. The molecule has 0 bridgehead atoms. The lowest BCUT2D eigenvalue weighted by atomic mass is 10.0. The monoisotopic (exact) mass is 381 g/mol. The van der Waals surface area contributed by atoms with Crippen LogP contribution in [0.4, 0.5) is 0 Å². The fraction of sp³-hybridized carbons (Fsp3) is 0.348. The van der Waals surface area contributed by atoms with Gasteiger partial charge in [-0.2, -0.15) is 0 Å². The molecule has 2 atom stereocenters. The van der Waals surface area contributed by atoms with E-state index in [4.69, 9.17) is 14.2 Å². The molecule has 1 heterocycles. The van der Waals surface area contributed by atoms with Gasteiger partial charge in [0.25, 0.3) is 0 Å². The van der Waals surface area contributed by atoms with E-state index in [1.54, 1.807) is 7.11 Å². The lowest BCUT2D eigenvalue weighted by Gasteiger charge is -2.16. The van der Waals surface area contributed by atoms with E-state index < -0.39 is 0 Å². The zero-order valence-electron chi connectivity index (χ0n) is 16.2. The number of hydrogen-bond donors (Lipinski definition) is 1. The van der Waals surface area contributed by atoms with Crippen molar-refractivity contribution >= 4 is 5.91 Å². The molecule has 1 N–H and O–H groups in total. The maximum Gasteiger partial charge on any atom is 0.220 e. The smallest absolute Gasteiger partial charge is 0.220 e. The van der Waals surface area contributed by atoms with Gasteiger partial charge < -0.3 is 19.5 Å². The Morgan fingerprint density at radius 2 is 1.71 bits per heavy atom. The van der Waals surface area contributed by atoms with Gasteiger partial charge in [0.1, 0.15) is 5.75 Å². The van der Waals surface area contributed by atoms with Crippen LogP contribution in [-0.4, -0.2) is 32.3 Å². The van der Waals surface area contributed by atoms with Crippen LogP contribution in [0.3, 0.4) is 0 Å². The van der Waals surface area contributed by atoms with E-state index in [0.717, 1.165) is 16.9 Å². The Balaban J connectivity index is 1.39. The molecule has 0 aliphatic carbocycles. The third-order valence-electron chi connectivity index (χ3n) is 4.72. The zero-order chi connectivity index (χ0) is 19.6. The second kappa shape index (κ2) is 10.6. The Morgan fingerprint density at radius 1 is 1.00 bits per heavy atom. The molecule has 0 saturated carbocycles. The van der Waals surface area contributed by atoms with Gasteiger partial charge in [-0.1, -0.05) is 54.6 Å². The number of amides is 1. The highest BCUT2D eigenvalue weighted by Gasteiger charge is 2.30. The molecule has 1 aliphatic heterocycles. The first-order chi connectivity index (χ1) is 13.7. The molecule has 2 aromatic rings. The molecule has 3 rings (SSSR count). The lowest BCUT2D eigenvalue weighted by molar-refractivity contribution is -0.119. The topological polar surface area (TPSA) is 56.8 Å². The minimum atomic E-state index is 0.00838. The summed E-state index contributed by atoms with van der Waals surface area (Å²) in [7, 11) is 1.65. The first-order valence-corrected chi connectivity index (χ1v) is 9.53. The van der Waals surface area contributed by atoms with Crippen LogP contribution in [0.1, 0.15) is 17.5 Å². The molecule has 0 radical (unpaired) electrons. The Labute approximate surface area is 166 Å². The van der Waals surface area contributed by atoms with Gasteiger partial charge in [-0.25, -0.2) is 0 Å². The van der Waals surface area contributed by atoms with E-state index in [1.807, 2.05) is 60.7 Å². The van der Waals surface area contributed by atoms with Crippen molar-refractivity contribution in [1.29, 1.82) is 0 Å². The SMILES string of the molecule is COc1ccc(COC/C=C/[C@@H]2CC(=O)N[C@@H]2COCc2ccccc2)cc1. The number of methoxy groups -OCH3 is 1. The van der Waals surface area contributed by atoms with Crippen molar-refractivity contribution in [3.8, 4) is 5.75 Å². The van der Waals surface area contributed by atoms with Crippen molar-refractivity contribution in [2.45, 2.75) is 25.7 Å². The second-order valence-electron chi connectivity index (χ2n) is 6.83. The van der Waals surface area contributed by atoms with Crippen LogP contribution in [0, 0.1) is 5.92 Å². The molecule has 2 aromatic carbocycles. The highest BCUT2D eigenvalue weighted by molar-refractivity contribution is 5.79. The summed E-state index contributed by atoms with van der Waals surface area (Å²) < 4.78 is 16.6. The molecular formula is C23H27NO4. The summed E-state index contributed by atoms with van der Waals surface area (Å²) in [4.78, 5) is 11.8. The number of hydrogen-bond acceptors (Lipinski definition) is 4. The Hall–Kier alpha value is -2.63. The normalized spacial score (nSPS) is 19.1. The van der Waals surface area contributed by atoms with Crippen LogP contribution in [0.5, 0.6) is 5.75 Å². The molecule has 0 aromatic heterocycles. The third kappa shape index (κ3) is 6.22. The van der Waals surface area contributed by atoms with Crippen LogP contribution in [-0.2, 0) is 27.5 Å². The molecule has 5 heteroatoms. The highest BCUT2D eigenvalue weighted by Crippen LogP contribution is 2.19. The number of carbonyl (C=O) groups is 1. The van der Waals surface area contributed by atoms with Gasteiger partial charge in [-0.05, 0) is 23.3 Å². The average Bonchev–Trinajstić information content (AvgIpc) is 3.08. The predicted octanol–water partition coefficient (Wildman–Crippen LogP) is 3.49. The minimum Gasteiger partial charge on any atom is -0.497 e. The van der Waals surface area contributed by atoms with Gasteiger partial charge in [-0.15, -0.1) is 0 Å². The highest BCUT2D eigenvalue weighted by atomic mass is 16.5. The maximum atomic E-state index is 11.8. The number of ether oxygens (including phenoxy) is 3. The minimum absolute atomic E-state index is 0.00838. The van der Waals surface area contributed by atoms with Gasteiger partial charge in [0.15, 0.2) is 0 Å². The summed E-state index contributed by atoms with van der Waals surface area (Å²) in [6.07, 6.45) is 4.54. The number of benzene rings is 2. The largest absolute Gasteiger partial charge is 0.497 e. The van der Waals surface area contributed by atoms with Gasteiger partial charge in [0.2, 0.25) is 5.91 Å². The standard InChI is InChI=1S/C23H27NO4/c1-26-21-11-9-19(10-12-21)15-27-13-5-8-20-14-23(25)24-22(20)17-28-16-18-6-3-2-4-7-18/h2-12,20,22H,13-17H2,1H3,(H,24,25)/b8-5+/t20-,22-/m1/s1. The van der Waals surface area contributed by atoms with E-state index in [1.165, 1.54) is 0 Å². The molecule has 1 aliphatic rings. The van der Waals surface area contributed by atoms with E-state index in [9.17, 15) is 4.79 Å². The molecule has 1 saturated heterocycles. The molecule has 0 spiro atoms. The summed E-state index contributed by atoms with van der Waals surface area (Å²) in [6.45, 7) is 2.10. The van der Waals surface area contributed by atoms with E-state index in [2.05, 4.69) is 11.4 Å². The summed E-state index contributed by atoms with van der Waals surface area (Å²) in [5.74, 6) is 1.04. The summed E-state index contributed by atoms with van der Waals surface area (Å²) in [5.41, 5.74) is 2.23. The number of nitrogens with one attached hydrogen (secondary N) is 1.